The maximum atomic E-state index is 12.1. The number of aliphatic hydroxyl groups excluding tert-OH is 7. The van der Waals surface area contributed by atoms with Gasteiger partial charge in [0.25, 0.3) is 0 Å². The fourth-order valence-electron chi connectivity index (χ4n) is 11.5. The lowest BCUT2D eigenvalue weighted by Gasteiger charge is -2.67. The Bertz CT molecular complexity index is 1060. The molecule has 0 bridgehead atoms. The van der Waals surface area contributed by atoms with Gasteiger partial charge in [0.05, 0.1) is 30.5 Å². The Morgan fingerprint density at radius 2 is 1.48 bits per heavy atom. The van der Waals surface area contributed by atoms with Gasteiger partial charge in [0.2, 0.25) is 0 Å². The molecule has 9 nitrogen and oxygen atoms in total. The molecule has 4 saturated carbocycles. The molecule has 5 fully saturated rings. The highest BCUT2D eigenvalue weighted by Crippen LogP contribution is 2.71. The summed E-state index contributed by atoms with van der Waals surface area (Å²) in [5.41, 5.74) is -0.541. The van der Waals surface area contributed by atoms with Gasteiger partial charge in [0.1, 0.15) is 24.4 Å². The first-order chi connectivity index (χ1) is 20.4. The van der Waals surface area contributed by atoms with Gasteiger partial charge < -0.3 is 45.2 Å². The average molecular weight is 625 g/mol. The van der Waals surface area contributed by atoms with Crippen LogP contribution in [-0.4, -0.2) is 97.0 Å². The average Bonchev–Trinajstić information content (AvgIpc) is 3.32. The second-order valence-corrected chi connectivity index (χ2v) is 16.8. The molecule has 254 valence electrons. The Labute approximate surface area is 263 Å². The number of allylic oxidation sites excluding steroid dienone is 2. The number of ether oxygens (including phenoxy) is 2. The fraction of sp³-hybridized carbons (Fsp3) is 0.943. The molecule has 5 rings (SSSR count). The van der Waals surface area contributed by atoms with Crippen molar-refractivity contribution in [3.63, 3.8) is 0 Å². The topological polar surface area (TPSA) is 160 Å². The van der Waals surface area contributed by atoms with E-state index < -0.39 is 66.6 Å². The van der Waals surface area contributed by atoms with Crippen LogP contribution in [0, 0.1) is 45.8 Å². The van der Waals surface area contributed by atoms with Crippen molar-refractivity contribution in [2.24, 2.45) is 45.8 Å². The summed E-state index contributed by atoms with van der Waals surface area (Å²) in [5.74, 6) is 0.181. The van der Waals surface area contributed by atoms with E-state index in [1.807, 2.05) is 20.8 Å². The Morgan fingerprint density at radius 1 is 0.864 bits per heavy atom. The van der Waals surface area contributed by atoms with Crippen molar-refractivity contribution in [2.75, 3.05) is 6.61 Å². The van der Waals surface area contributed by atoms with Crippen LogP contribution in [0.15, 0.2) is 11.6 Å². The molecule has 0 aromatic carbocycles. The van der Waals surface area contributed by atoms with Crippen LogP contribution in [0.3, 0.4) is 0 Å². The Kier molecular flexibility index (Phi) is 9.56. The summed E-state index contributed by atoms with van der Waals surface area (Å²) in [6.45, 7) is 14.3. The smallest absolute Gasteiger partial charge is 0.187 e. The van der Waals surface area contributed by atoms with Crippen LogP contribution in [-0.2, 0) is 9.47 Å². The molecule has 0 aromatic heterocycles. The molecule has 44 heavy (non-hydrogen) atoms. The standard InChI is InChI=1S/C35H60O9/c1-18(2)9-8-12-35(7,44-31-29(42)28(41)27(40)24(17-36)43-31)19-10-13-33(5)20-16-23(38)30-32(3,4)25(39)11-14-34(30,6)21(20)15-22(37)26(19)33/h9,19-31,36-42H,8,10-17H2,1-7H3/t19-,20-,21-,22-,23+,24-,25-,26+,27-,28-,29-,30-,31+,33+,34+,35+/m0/s1. The van der Waals surface area contributed by atoms with Crippen LogP contribution in [0.4, 0.5) is 0 Å². The van der Waals surface area contributed by atoms with Crippen LogP contribution < -0.4 is 0 Å². The third-order valence-electron chi connectivity index (χ3n) is 13.7. The first-order valence-corrected chi connectivity index (χ1v) is 17.1. The highest BCUT2D eigenvalue weighted by atomic mass is 16.7. The predicted octanol–water partition coefficient (Wildman–Crippen LogP) is 2.91. The van der Waals surface area contributed by atoms with E-state index in [2.05, 4.69) is 33.8 Å². The summed E-state index contributed by atoms with van der Waals surface area (Å²) in [5, 5.41) is 76.5. The lowest BCUT2D eigenvalue weighted by Crippen LogP contribution is -2.66. The van der Waals surface area contributed by atoms with Crippen LogP contribution in [0.25, 0.3) is 0 Å². The van der Waals surface area contributed by atoms with Crippen molar-refractivity contribution in [3.05, 3.63) is 11.6 Å². The minimum Gasteiger partial charge on any atom is -0.394 e. The van der Waals surface area contributed by atoms with E-state index in [4.69, 9.17) is 9.47 Å². The summed E-state index contributed by atoms with van der Waals surface area (Å²) in [4.78, 5) is 0. The van der Waals surface area contributed by atoms with Gasteiger partial charge in [-0.05, 0) is 118 Å². The molecule has 1 heterocycles. The monoisotopic (exact) mass is 624 g/mol. The zero-order valence-electron chi connectivity index (χ0n) is 27.9. The molecule has 5 aliphatic rings. The number of hydrogen-bond donors (Lipinski definition) is 7. The van der Waals surface area contributed by atoms with E-state index in [-0.39, 0.29) is 40.4 Å². The minimum absolute atomic E-state index is 0.0478. The summed E-state index contributed by atoms with van der Waals surface area (Å²) < 4.78 is 12.5. The zero-order valence-corrected chi connectivity index (χ0v) is 27.9. The van der Waals surface area contributed by atoms with Gasteiger partial charge in [-0.15, -0.1) is 0 Å². The molecule has 0 amide bonds. The molecule has 1 aliphatic heterocycles. The quantitative estimate of drug-likeness (QED) is 0.211. The SMILES string of the molecule is CC(C)=CCC[C@@](C)(O[C@H]1O[C@@H](CO)[C@H](O)[C@H](O)[C@@H]1O)[C@H]1CC[C@@]2(C)[C@H]1[C@@H](O)C[C@H]1[C@@H]2C[C@@H](O)[C@H]2C(C)(C)[C@@H](O)CC[C@]12C. The van der Waals surface area contributed by atoms with Gasteiger partial charge in [-0.1, -0.05) is 39.3 Å². The molecule has 0 unspecified atom stereocenters. The van der Waals surface area contributed by atoms with Crippen LogP contribution >= 0.6 is 0 Å². The Morgan fingerprint density at radius 3 is 2.11 bits per heavy atom. The van der Waals surface area contributed by atoms with Gasteiger partial charge >= 0.3 is 0 Å². The second-order valence-electron chi connectivity index (χ2n) is 16.8. The molecule has 4 aliphatic carbocycles. The maximum absolute atomic E-state index is 12.1. The van der Waals surface area contributed by atoms with E-state index in [9.17, 15) is 35.7 Å². The number of rotatable bonds is 7. The Balaban J connectivity index is 1.47. The van der Waals surface area contributed by atoms with E-state index in [1.165, 1.54) is 5.57 Å². The van der Waals surface area contributed by atoms with Crippen LogP contribution in [0.1, 0.15) is 99.8 Å². The normalized spacial score (nSPS) is 51.5. The van der Waals surface area contributed by atoms with Crippen molar-refractivity contribution in [3.8, 4) is 0 Å². The van der Waals surface area contributed by atoms with Gasteiger partial charge in [-0.3, -0.25) is 0 Å². The molecule has 16 atom stereocenters. The molecule has 7 N–H and O–H groups in total. The van der Waals surface area contributed by atoms with Gasteiger partial charge in [0.15, 0.2) is 6.29 Å². The van der Waals surface area contributed by atoms with E-state index in [1.54, 1.807) is 0 Å². The predicted molar refractivity (Wildman–Crippen MR) is 165 cm³/mol. The minimum atomic E-state index is -1.53. The summed E-state index contributed by atoms with van der Waals surface area (Å²) in [7, 11) is 0. The van der Waals surface area contributed by atoms with Gasteiger partial charge in [-0.2, -0.15) is 0 Å². The maximum Gasteiger partial charge on any atom is 0.187 e. The molecular formula is C35H60O9. The third kappa shape index (κ3) is 5.44. The van der Waals surface area contributed by atoms with Crippen molar-refractivity contribution < 1.29 is 45.2 Å². The first-order valence-electron chi connectivity index (χ1n) is 17.1. The first kappa shape index (κ1) is 34.7. The summed E-state index contributed by atoms with van der Waals surface area (Å²) in [6, 6.07) is 0. The summed E-state index contributed by atoms with van der Waals surface area (Å²) in [6.07, 6.45) is -0.449. The van der Waals surface area contributed by atoms with Gasteiger partial charge in [0, 0.05) is 0 Å². The van der Waals surface area contributed by atoms with Crippen LogP contribution in [0.5, 0.6) is 0 Å². The van der Waals surface area contributed by atoms with E-state index >= 15 is 0 Å². The molecule has 1 saturated heterocycles. The molecule has 0 radical (unpaired) electrons. The number of fused-ring (bicyclic) bond motifs is 5. The highest BCUT2D eigenvalue weighted by Gasteiger charge is 2.69. The van der Waals surface area contributed by atoms with Crippen molar-refractivity contribution >= 4 is 0 Å². The lowest BCUT2D eigenvalue weighted by molar-refractivity contribution is -0.335. The van der Waals surface area contributed by atoms with Gasteiger partial charge in [-0.25, -0.2) is 0 Å². The molecule has 0 spiro atoms. The summed E-state index contributed by atoms with van der Waals surface area (Å²) >= 11 is 0. The van der Waals surface area contributed by atoms with E-state index in [0.717, 1.165) is 19.3 Å². The number of aliphatic hydroxyl groups is 7. The molecule has 0 aromatic rings. The molecule has 9 heteroatoms. The Hall–Kier alpha value is -0.620. The van der Waals surface area contributed by atoms with Crippen LogP contribution in [0.2, 0.25) is 0 Å². The second kappa shape index (κ2) is 12.1. The number of hydrogen-bond acceptors (Lipinski definition) is 9. The van der Waals surface area contributed by atoms with Crippen molar-refractivity contribution in [1.29, 1.82) is 0 Å². The van der Waals surface area contributed by atoms with Crippen molar-refractivity contribution in [1.82, 2.24) is 0 Å². The van der Waals surface area contributed by atoms with E-state index in [0.29, 0.717) is 32.1 Å². The third-order valence-corrected chi connectivity index (χ3v) is 13.7. The van der Waals surface area contributed by atoms with Crippen molar-refractivity contribution in [2.45, 2.75) is 154 Å². The largest absolute Gasteiger partial charge is 0.394 e. The highest BCUT2D eigenvalue weighted by molar-refractivity contribution is 5.18. The fourth-order valence-corrected chi connectivity index (χ4v) is 11.5. The molecular weight excluding hydrogens is 564 g/mol. The lowest BCUT2D eigenvalue weighted by atomic mass is 9.39. The zero-order chi connectivity index (χ0) is 32.6.